The molecule has 72 valence electrons. The van der Waals surface area contributed by atoms with Gasteiger partial charge in [-0.1, -0.05) is 18.9 Å². The summed E-state index contributed by atoms with van der Waals surface area (Å²) in [5.41, 5.74) is -0.563. The molecule has 1 aliphatic rings. The number of hydrogen-bond acceptors (Lipinski definition) is 1. The molecule has 0 saturated heterocycles. The predicted molar refractivity (Wildman–Crippen MR) is 55.2 cm³/mol. The zero-order chi connectivity index (χ0) is 9.73. The minimum Gasteiger partial charge on any atom is -0.389 e. The highest BCUT2D eigenvalue weighted by molar-refractivity contribution is 5.00. The summed E-state index contributed by atoms with van der Waals surface area (Å²) in [7, 11) is 0. The number of terminal acetylenes is 1. The zero-order valence-electron chi connectivity index (χ0n) is 8.13. The summed E-state index contributed by atoms with van der Waals surface area (Å²) in [5.74, 6) is 2.94. The SMILES string of the molecule is C#CC[C@H]1CCCC[C@]1(O)CC=C. The highest BCUT2D eigenvalue weighted by atomic mass is 16.3. The minimum absolute atomic E-state index is 0.282. The number of rotatable bonds is 3. The topological polar surface area (TPSA) is 20.2 Å². The van der Waals surface area contributed by atoms with Crippen LogP contribution in [0.5, 0.6) is 0 Å². The monoisotopic (exact) mass is 178 g/mol. The van der Waals surface area contributed by atoms with Gasteiger partial charge in [0.05, 0.1) is 5.60 Å². The summed E-state index contributed by atoms with van der Waals surface area (Å²) in [6.07, 6.45) is 12.7. The predicted octanol–water partition coefficient (Wildman–Crippen LogP) is 2.51. The zero-order valence-corrected chi connectivity index (χ0v) is 8.13. The third-order valence-corrected chi connectivity index (χ3v) is 3.03. The van der Waals surface area contributed by atoms with Crippen LogP contribution in [0.15, 0.2) is 12.7 Å². The van der Waals surface area contributed by atoms with Crippen molar-refractivity contribution in [2.75, 3.05) is 0 Å². The van der Waals surface area contributed by atoms with E-state index >= 15 is 0 Å². The van der Waals surface area contributed by atoms with Crippen molar-refractivity contribution in [2.24, 2.45) is 5.92 Å². The van der Waals surface area contributed by atoms with Gasteiger partial charge in [-0.2, -0.15) is 0 Å². The van der Waals surface area contributed by atoms with Gasteiger partial charge in [-0.15, -0.1) is 18.9 Å². The molecule has 2 atom stereocenters. The van der Waals surface area contributed by atoms with Gasteiger partial charge in [0, 0.05) is 6.42 Å². The van der Waals surface area contributed by atoms with E-state index in [-0.39, 0.29) is 5.92 Å². The molecule has 0 amide bonds. The summed E-state index contributed by atoms with van der Waals surface area (Å²) in [6, 6.07) is 0. The van der Waals surface area contributed by atoms with Gasteiger partial charge in [0.25, 0.3) is 0 Å². The Morgan fingerprint density at radius 2 is 2.38 bits per heavy atom. The van der Waals surface area contributed by atoms with Crippen LogP contribution in [0.2, 0.25) is 0 Å². The normalized spacial score (nSPS) is 33.7. The van der Waals surface area contributed by atoms with Crippen molar-refractivity contribution >= 4 is 0 Å². The fourth-order valence-corrected chi connectivity index (χ4v) is 2.25. The quantitative estimate of drug-likeness (QED) is 0.520. The molecule has 1 nitrogen and oxygen atoms in total. The number of aliphatic hydroxyl groups is 1. The molecule has 1 rings (SSSR count). The molecule has 1 fully saturated rings. The van der Waals surface area contributed by atoms with E-state index in [2.05, 4.69) is 12.5 Å². The first-order valence-corrected chi connectivity index (χ1v) is 4.99. The van der Waals surface area contributed by atoms with Crippen LogP contribution in [0.3, 0.4) is 0 Å². The van der Waals surface area contributed by atoms with Gasteiger partial charge < -0.3 is 5.11 Å². The maximum absolute atomic E-state index is 10.3. The van der Waals surface area contributed by atoms with Gasteiger partial charge in [0.15, 0.2) is 0 Å². The molecule has 0 radical (unpaired) electrons. The maximum atomic E-state index is 10.3. The third-order valence-electron chi connectivity index (χ3n) is 3.03. The van der Waals surface area contributed by atoms with Gasteiger partial charge in [-0.05, 0) is 25.2 Å². The van der Waals surface area contributed by atoms with E-state index in [0.717, 1.165) is 19.3 Å². The summed E-state index contributed by atoms with van der Waals surface area (Å²) in [4.78, 5) is 0. The van der Waals surface area contributed by atoms with Gasteiger partial charge in [-0.25, -0.2) is 0 Å². The smallest absolute Gasteiger partial charge is 0.0719 e. The Kier molecular flexibility index (Phi) is 3.57. The van der Waals surface area contributed by atoms with E-state index in [1.165, 1.54) is 6.42 Å². The van der Waals surface area contributed by atoms with Crippen LogP contribution in [0.4, 0.5) is 0 Å². The molecular weight excluding hydrogens is 160 g/mol. The van der Waals surface area contributed by atoms with Crippen molar-refractivity contribution in [2.45, 2.75) is 44.1 Å². The lowest BCUT2D eigenvalue weighted by molar-refractivity contribution is -0.0435. The number of hydrogen-bond donors (Lipinski definition) is 1. The van der Waals surface area contributed by atoms with Crippen LogP contribution >= 0.6 is 0 Å². The van der Waals surface area contributed by atoms with Crippen molar-refractivity contribution in [1.29, 1.82) is 0 Å². The summed E-state index contributed by atoms with van der Waals surface area (Å²) in [5, 5.41) is 10.3. The molecule has 0 bridgehead atoms. The molecule has 0 aliphatic heterocycles. The lowest BCUT2D eigenvalue weighted by Crippen LogP contribution is -2.40. The molecule has 0 aromatic rings. The molecule has 1 heteroatoms. The standard InChI is InChI=1S/C12H18O/c1-3-7-11-8-5-6-10-12(11,13)9-4-2/h1,4,11,13H,2,5-10H2/t11-,12+/m0/s1. The molecule has 1 N–H and O–H groups in total. The van der Waals surface area contributed by atoms with E-state index in [9.17, 15) is 5.11 Å². The maximum Gasteiger partial charge on any atom is 0.0719 e. The summed E-state index contributed by atoms with van der Waals surface area (Å²) < 4.78 is 0. The van der Waals surface area contributed by atoms with Gasteiger partial charge in [0.2, 0.25) is 0 Å². The highest BCUT2D eigenvalue weighted by Gasteiger charge is 2.36. The van der Waals surface area contributed by atoms with Crippen LogP contribution in [0, 0.1) is 18.3 Å². The Labute approximate surface area is 80.9 Å². The highest BCUT2D eigenvalue weighted by Crippen LogP contribution is 2.38. The molecular formula is C12H18O. The van der Waals surface area contributed by atoms with Crippen molar-refractivity contribution in [3.63, 3.8) is 0 Å². The molecule has 13 heavy (non-hydrogen) atoms. The Hall–Kier alpha value is -0.740. The summed E-state index contributed by atoms with van der Waals surface area (Å²) >= 11 is 0. The largest absolute Gasteiger partial charge is 0.389 e. The van der Waals surface area contributed by atoms with Crippen LogP contribution in [0.1, 0.15) is 38.5 Å². The van der Waals surface area contributed by atoms with E-state index in [4.69, 9.17) is 6.42 Å². The van der Waals surface area contributed by atoms with Crippen LogP contribution in [-0.4, -0.2) is 10.7 Å². The Balaban J connectivity index is 2.65. The minimum atomic E-state index is -0.563. The fourth-order valence-electron chi connectivity index (χ4n) is 2.25. The van der Waals surface area contributed by atoms with Crippen molar-refractivity contribution < 1.29 is 5.11 Å². The van der Waals surface area contributed by atoms with E-state index in [1.54, 1.807) is 6.08 Å². The molecule has 0 spiro atoms. The Morgan fingerprint density at radius 1 is 1.62 bits per heavy atom. The average Bonchev–Trinajstić information content (AvgIpc) is 2.10. The lowest BCUT2D eigenvalue weighted by Gasteiger charge is -2.38. The second kappa shape index (κ2) is 4.48. The fraction of sp³-hybridized carbons (Fsp3) is 0.667. The van der Waals surface area contributed by atoms with Gasteiger partial charge in [0.1, 0.15) is 0 Å². The average molecular weight is 178 g/mol. The van der Waals surface area contributed by atoms with Crippen molar-refractivity contribution in [3.05, 3.63) is 12.7 Å². The second-order valence-corrected chi connectivity index (χ2v) is 3.95. The van der Waals surface area contributed by atoms with E-state index in [1.807, 2.05) is 0 Å². The summed E-state index contributed by atoms with van der Waals surface area (Å²) in [6.45, 7) is 3.68. The Bertz CT molecular complexity index is 214. The first-order chi connectivity index (χ1) is 6.23. The van der Waals surface area contributed by atoms with Gasteiger partial charge in [-0.3, -0.25) is 0 Å². The molecule has 1 saturated carbocycles. The van der Waals surface area contributed by atoms with Crippen molar-refractivity contribution in [1.82, 2.24) is 0 Å². The van der Waals surface area contributed by atoms with Crippen molar-refractivity contribution in [3.8, 4) is 12.3 Å². The van der Waals surface area contributed by atoms with E-state index < -0.39 is 5.60 Å². The van der Waals surface area contributed by atoms with Gasteiger partial charge >= 0.3 is 0 Å². The van der Waals surface area contributed by atoms with Crippen LogP contribution < -0.4 is 0 Å². The second-order valence-electron chi connectivity index (χ2n) is 3.95. The van der Waals surface area contributed by atoms with Crippen LogP contribution in [0.25, 0.3) is 0 Å². The molecule has 0 unspecified atom stereocenters. The molecule has 0 aromatic heterocycles. The first kappa shape index (κ1) is 10.3. The van der Waals surface area contributed by atoms with Crippen LogP contribution in [-0.2, 0) is 0 Å². The molecule has 1 aliphatic carbocycles. The van der Waals surface area contributed by atoms with E-state index in [0.29, 0.717) is 12.8 Å². The molecule has 0 heterocycles. The third kappa shape index (κ3) is 2.35. The Morgan fingerprint density at radius 3 is 3.00 bits per heavy atom. The first-order valence-electron chi connectivity index (χ1n) is 4.99. The lowest BCUT2D eigenvalue weighted by atomic mass is 9.72. The molecule has 0 aromatic carbocycles.